The van der Waals surface area contributed by atoms with Crippen molar-refractivity contribution in [3.8, 4) is 0 Å². The van der Waals surface area contributed by atoms with Crippen molar-refractivity contribution < 1.29 is 19.1 Å². The molecule has 0 bridgehead atoms. The van der Waals surface area contributed by atoms with Gasteiger partial charge in [-0.05, 0) is 50.2 Å². The van der Waals surface area contributed by atoms with Crippen LogP contribution in [0.1, 0.15) is 34.8 Å². The molecule has 3 rings (SSSR count). The Morgan fingerprint density at radius 3 is 2.43 bits per heavy atom. The molecule has 0 radical (unpaired) electrons. The highest BCUT2D eigenvalue weighted by molar-refractivity contribution is 7.80. The standard InChI is InChI=1S/C22H23NO4S/c1-3-26-21(25)22(18-13-14-27-20(18)28,17-11-9-15(2)10-12-17)23-19(24)16-7-5-4-6-8-16/h4-12,18H,3,13-14H2,1-2H3,(H,23,24). The predicted octanol–water partition coefficient (Wildman–Crippen LogP) is 3.55. The van der Waals surface area contributed by atoms with Gasteiger partial charge in [0, 0.05) is 5.56 Å². The fourth-order valence-corrected chi connectivity index (χ4v) is 3.84. The molecule has 0 spiro atoms. The Hall–Kier alpha value is -2.73. The van der Waals surface area contributed by atoms with Crippen molar-refractivity contribution >= 4 is 29.1 Å². The Labute approximate surface area is 170 Å². The lowest BCUT2D eigenvalue weighted by atomic mass is 9.76. The highest BCUT2D eigenvalue weighted by Crippen LogP contribution is 2.38. The van der Waals surface area contributed by atoms with Crippen molar-refractivity contribution in [1.29, 1.82) is 0 Å². The predicted molar refractivity (Wildman–Crippen MR) is 110 cm³/mol. The molecule has 1 aliphatic heterocycles. The van der Waals surface area contributed by atoms with Gasteiger partial charge in [0.1, 0.15) is 0 Å². The van der Waals surface area contributed by atoms with Crippen molar-refractivity contribution in [3.05, 3.63) is 71.3 Å². The van der Waals surface area contributed by atoms with Gasteiger partial charge in [0.15, 0.2) is 10.6 Å². The summed E-state index contributed by atoms with van der Waals surface area (Å²) in [5.41, 5.74) is 0.664. The first-order valence-corrected chi connectivity index (χ1v) is 9.68. The molecule has 1 heterocycles. The molecular weight excluding hydrogens is 374 g/mol. The van der Waals surface area contributed by atoms with Crippen LogP contribution in [0.25, 0.3) is 0 Å². The van der Waals surface area contributed by atoms with Crippen LogP contribution in [0.4, 0.5) is 0 Å². The lowest BCUT2D eigenvalue weighted by Crippen LogP contribution is -2.58. The number of amides is 1. The smallest absolute Gasteiger partial charge is 0.337 e. The van der Waals surface area contributed by atoms with Crippen LogP contribution in [0.5, 0.6) is 0 Å². The minimum atomic E-state index is -1.45. The molecule has 146 valence electrons. The molecule has 6 heteroatoms. The van der Waals surface area contributed by atoms with Crippen molar-refractivity contribution in [1.82, 2.24) is 5.32 Å². The van der Waals surface area contributed by atoms with E-state index in [1.807, 2.05) is 37.3 Å². The molecule has 1 saturated heterocycles. The first kappa shape index (κ1) is 20.0. The Morgan fingerprint density at radius 1 is 1.18 bits per heavy atom. The van der Waals surface area contributed by atoms with Crippen LogP contribution in [0, 0.1) is 12.8 Å². The molecule has 2 aromatic rings. The number of carbonyl (C=O) groups excluding carboxylic acids is 2. The number of hydrogen-bond donors (Lipinski definition) is 1. The molecule has 0 aromatic heterocycles. The van der Waals surface area contributed by atoms with Crippen molar-refractivity contribution in [2.45, 2.75) is 25.8 Å². The molecule has 28 heavy (non-hydrogen) atoms. The van der Waals surface area contributed by atoms with E-state index in [1.54, 1.807) is 31.2 Å². The summed E-state index contributed by atoms with van der Waals surface area (Å²) in [6.45, 7) is 4.29. The Bertz CT molecular complexity index is 866. The van der Waals surface area contributed by atoms with Crippen LogP contribution in [-0.4, -0.2) is 30.1 Å². The Balaban J connectivity index is 2.14. The highest BCUT2D eigenvalue weighted by atomic mass is 32.1. The van der Waals surface area contributed by atoms with Crippen molar-refractivity contribution in [2.24, 2.45) is 5.92 Å². The van der Waals surface area contributed by atoms with Gasteiger partial charge in [0.05, 0.1) is 19.1 Å². The van der Waals surface area contributed by atoms with E-state index in [4.69, 9.17) is 21.7 Å². The topological polar surface area (TPSA) is 64.6 Å². The van der Waals surface area contributed by atoms with Crippen molar-refractivity contribution in [2.75, 3.05) is 13.2 Å². The number of aryl methyl sites for hydroxylation is 1. The third kappa shape index (κ3) is 3.78. The zero-order chi connectivity index (χ0) is 20.1. The second-order valence-electron chi connectivity index (χ2n) is 6.72. The second-order valence-corrected chi connectivity index (χ2v) is 7.13. The van der Waals surface area contributed by atoms with Gasteiger partial charge >= 0.3 is 5.97 Å². The van der Waals surface area contributed by atoms with Crippen LogP contribution in [-0.2, 0) is 19.8 Å². The van der Waals surface area contributed by atoms with E-state index in [9.17, 15) is 9.59 Å². The maximum atomic E-state index is 13.3. The summed E-state index contributed by atoms with van der Waals surface area (Å²) in [5.74, 6) is -1.41. The first-order chi connectivity index (χ1) is 13.5. The average Bonchev–Trinajstić information content (AvgIpc) is 3.14. The van der Waals surface area contributed by atoms with Gasteiger partial charge in [-0.15, -0.1) is 0 Å². The van der Waals surface area contributed by atoms with E-state index in [0.29, 0.717) is 29.2 Å². The lowest BCUT2D eigenvalue weighted by molar-refractivity contribution is -0.153. The van der Waals surface area contributed by atoms with Crippen molar-refractivity contribution in [3.63, 3.8) is 0 Å². The van der Waals surface area contributed by atoms with Gasteiger partial charge in [-0.1, -0.05) is 48.0 Å². The van der Waals surface area contributed by atoms with E-state index >= 15 is 0 Å². The fraction of sp³-hybridized carbons (Fsp3) is 0.318. The number of ether oxygens (including phenoxy) is 2. The van der Waals surface area contributed by atoms with E-state index < -0.39 is 17.4 Å². The maximum Gasteiger partial charge on any atom is 0.337 e. The number of benzene rings is 2. The number of esters is 1. The number of carbonyl (C=O) groups is 2. The SMILES string of the molecule is CCOC(=O)C(NC(=O)c1ccccc1)(c1ccc(C)cc1)C1CCOC1=S. The summed E-state index contributed by atoms with van der Waals surface area (Å²) in [5, 5.41) is 3.27. The molecule has 1 fully saturated rings. The molecule has 2 unspecified atom stereocenters. The monoisotopic (exact) mass is 397 g/mol. The molecule has 1 N–H and O–H groups in total. The summed E-state index contributed by atoms with van der Waals surface area (Å²) in [7, 11) is 0. The zero-order valence-corrected chi connectivity index (χ0v) is 16.8. The number of rotatable bonds is 6. The van der Waals surface area contributed by atoms with Gasteiger partial charge < -0.3 is 14.8 Å². The minimum Gasteiger partial charge on any atom is -0.487 e. The third-order valence-corrected chi connectivity index (χ3v) is 5.31. The molecular formula is C22H23NO4S. The van der Waals surface area contributed by atoms with Crippen LogP contribution >= 0.6 is 12.2 Å². The number of hydrogen-bond acceptors (Lipinski definition) is 5. The molecule has 0 aliphatic carbocycles. The van der Waals surface area contributed by atoms with Gasteiger partial charge in [0.25, 0.3) is 5.91 Å². The van der Waals surface area contributed by atoms with Crippen LogP contribution < -0.4 is 5.32 Å². The normalized spacial score (nSPS) is 18.1. The van der Waals surface area contributed by atoms with E-state index in [-0.39, 0.29) is 12.5 Å². The average molecular weight is 397 g/mol. The number of thiocarbonyl (C=S) groups is 1. The van der Waals surface area contributed by atoms with Gasteiger partial charge in [-0.2, -0.15) is 0 Å². The van der Waals surface area contributed by atoms with Crippen LogP contribution in [0.3, 0.4) is 0 Å². The molecule has 5 nitrogen and oxygen atoms in total. The third-order valence-electron chi connectivity index (χ3n) is 4.91. The molecule has 1 amide bonds. The fourth-order valence-electron chi connectivity index (χ4n) is 3.46. The largest absolute Gasteiger partial charge is 0.487 e. The summed E-state index contributed by atoms with van der Waals surface area (Å²) in [6.07, 6.45) is 0.514. The summed E-state index contributed by atoms with van der Waals surface area (Å²) in [6, 6.07) is 16.2. The maximum absolute atomic E-state index is 13.3. The van der Waals surface area contributed by atoms with E-state index in [1.165, 1.54) is 0 Å². The van der Waals surface area contributed by atoms with Gasteiger partial charge in [-0.25, -0.2) is 4.79 Å². The molecule has 2 aromatic carbocycles. The highest BCUT2D eigenvalue weighted by Gasteiger charge is 2.54. The van der Waals surface area contributed by atoms with Crippen LogP contribution in [0.15, 0.2) is 54.6 Å². The summed E-state index contributed by atoms with van der Waals surface area (Å²) in [4.78, 5) is 26.4. The quantitative estimate of drug-likeness (QED) is 0.597. The molecule has 1 aliphatic rings. The van der Waals surface area contributed by atoms with E-state index in [2.05, 4.69) is 5.32 Å². The summed E-state index contributed by atoms with van der Waals surface area (Å²) < 4.78 is 10.9. The zero-order valence-electron chi connectivity index (χ0n) is 15.9. The second kappa shape index (κ2) is 8.52. The minimum absolute atomic E-state index is 0.188. The summed E-state index contributed by atoms with van der Waals surface area (Å²) >= 11 is 5.41. The number of nitrogens with one attached hydrogen (secondary N) is 1. The Kier molecular flexibility index (Phi) is 6.09. The van der Waals surface area contributed by atoms with E-state index in [0.717, 1.165) is 5.56 Å². The molecule has 0 saturated carbocycles. The van der Waals surface area contributed by atoms with Gasteiger partial charge in [-0.3, -0.25) is 4.79 Å². The molecule has 2 atom stereocenters. The van der Waals surface area contributed by atoms with Crippen LogP contribution in [0.2, 0.25) is 0 Å². The Morgan fingerprint density at radius 2 is 1.86 bits per heavy atom. The van der Waals surface area contributed by atoms with Gasteiger partial charge in [0.2, 0.25) is 0 Å². The lowest BCUT2D eigenvalue weighted by Gasteiger charge is -2.37. The first-order valence-electron chi connectivity index (χ1n) is 9.27.